The Morgan fingerprint density at radius 3 is 2.29 bits per heavy atom. The predicted octanol–water partition coefficient (Wildman–Crippen LogP) is -1.48. The third-order valence-corrected chi connectivity index (χ3v) is 4.18. The first-order valence-electron chi connectivity index (χ1n) is 6.39. The maximum absolute atomic E-state index is 4.44. The van der Waals surface area contributed by atoms with Gasteiger partial charge in [-0.2, -0.15) is 0 Å². The lowest BCUT2D eigenvalue weighted by Gasteiger charge is -2.42. The summed E-state index contributed by atoms with van der Waals surface area (Å²) in [5.74, 6) is 1.15. The number of aromatic nitrogens is 1. The van der Waals surface area contributed by atoms with Crippen LogP contribution in [0.4, 0.5) is 5.82 Å². The molecule has 0 saturated carbocycles. The van der Waals surface area contributed by atoms with Crippen LogP contribution in [0.25, 0.3) is 0 Å². The highest BCUT2D eigenvalue weighted by atomic mass is 79.9. The van der Waals surface area contributed by atoms with E-state index in [0.29, 0.717) is 0 Å². The van der Waals surface area contributed by atoms with Crippen LogP contribution >= 0.6 is 0 Å². The van der Waals surface area contributed by atoms with E-state index in [4.69, 9.17) is 0 Å². The summed E-state index contributed by atoms with van der Waals surface area (Å²) < 4.78 is 1.38. The fourth-order valence-electron chi connectivity index (χ4n) is 3.11. The number of hydrogen-bond donors (Lipinski definition) is 0. The fourth-order valence-corrected chi connectivity index (χ4v) is 3.11. The summed E-state index contributed by atoms with van der Waals surface area (Å²) in [6, 6.07) is 6.19. The highest BCUT2D eigenvalue weighted by molar-refractivity contribution is 5.37. The molecule has 3 heterocycles. The maximum atomic E-state index is 4.44. The van der Waals surface area contributed by atoms with Crippen molar-refractivity contribution in [2.24, 2.45) is 0 Å². The van der Waals surface area contributed by atoms with Crippen molar-refractivity contribution in [1.29, 1.82) is 0 Å². The summed E-state index contributed by atoms with van der Waals surface area (Å²) in [6.45, 7) is 7.81. The Labute approximate surface area is 114 Å². The Morgan fingerprint density at radius 2 is 1.71 bits per heavy atom. The lowest BCUT2D eigenvalue weighted by Crippen LogP contribution is -3.00. The first-order valence-corrected chi connectivity index (χ1v) is 6.39. The summed E-state index contributed by atoms with van der Waals surface area (Å²) in [7, 11) is 0. The molecule has 0 unspecified atom stereocenters. The van der Waals surface area contributed by atoms with Crippen molar-refractivity contribution in [3.8, 4) is 0 Å². The van der Waals surface area contributed by atoms with Crippen molar-refractivity contribution >= 4 is 5.82 Å². The lowest BCUT2D eigenvalue weighted by molar-refractivity contribution is -0.917. The fraction of sp³-hybridized carbons (Fsp3) is 0.615. The van der Waals surface area contributed by atoms with Crippen LogP contribution in [0.15, 0.2) is 24.4 Å². The topological polar surface area (TPSA) is 16.1 Å². The molecule has 3 rings (SSSR count). The van der Waals surface area contributed by atoms with Crippen LogP contribution < -0.4 is 21.9 Å². The average Bonchev–Trinajstić information content (AvgIpc) is 2.80. The van der Waals surface area contributed by atoms with Crippen LogP contribution in [-0.4, -0.2) is 48.7 Å². The first-order chi connectivity index (χ1) is 7.88. The third kappa shape index (κ3) is 2.63. The second kappa shape index (κ2) is 5.36. The summed E-state index contributed by atoms with van der Waals surface area (Å²) in [5, 5.41) is 0. The quantitative estimate of drug-likeness (QED) is 0.588. The van der Waals surface area contributed by atoms with Crippen molar-refractivity contribution < 1.29 is 21.5 Å². The number of halogens is 1. The van der Waals surface area contributed by atoms with Crippen LogP contribution in [0.3, 0.4) is 0 Å². The third-order valence-electron chi connectivity index (χ3n) is 4.18. The summed E-state index contributed by atoms with van der Waals surface area (Å²) in [5.41, 5.74) is 0. The van der Waals surface area contributed by atoms with E-state index < -0.39 is 0 Å². The van der Waals surface area contributed by atoms with Gasteiger partial charge < -0.3 is 26.4 Å². The Balaban J connectivity index is 0.00000108. The molecule has 17 heavy (non-hydrogen) atoms. The molecule has 0 bridgehead atoms. The van der Waals surface area contributed by atoms with Crippen LogP contribution in [-0.2, 0) is 0 Å². The van der Waals surface area contributed by atoms with E-state index in [0.717, 1.165) is 5.82 Å². The van der Waals surface area contributed by atoms with Gasteiger partial charge in [0.2, 0.25) is 0 Å². The van der Waals surface area contributed by atoms with E-state index in [1.54, 1.807) is 0 Å². The van der Waals surface area contributed by atoms with Gasteiger partial charge in [0.25, 0.3) is 0 Å². The highest BCUT2D eigenvalue weighted by Gasteiger charge is 2.35. The molecule has 94 valence electrons. The molecule has 0 aliphatic carbocycles. The summed E-state index contributed by atoms with van der Waals surface area (Å²) >= 11 is 0. The van der Waals surface area contributed by atoms with E-state index in [1.807, 2.05) is 12.3 Å². The Morgan fingerprint density at radius 1 is 1.00 bits per heavy atom. The monoisotopic (exact) mass is 297 g/mol. The van der Waals surface area contributed by atoms with Gasteiger partial charge in [0, 0.05) is 19.0 Å². The van der Waals surface area contributed by atoms with Gasteiger partial charge in [0.1, 0.15) is 5.82 Å². The predicted molar refractivity (Wildman–Crippen MR) is 65.4 cm³/mol. The molecule has 0 N–H and O–H groups in total. The number of hydrogen-bond acceptors (Lipinski definition) is 2. The van der Waals surface area contributed by atoms with E-state index in [1.165, 1.54) is 56.6 Å². The molecule has 0 aromatic carbocycles. The number of quaternary nitrogens is 1. The van der Waals surface area contributed by atoms with Crippen LogP contribution in [0.2, 0.25) is 0 Å². The number of piperazine rings is 1. The van der Waals surface area contributed by atoms with Crippen molar-refractivity contribution in [3.05, 3.63) is 24.4 Å². The van der Waals surface area contributed by atoms with Gasteiger partial charge in [0.15, 0.2) is 0 Å². The average molecular weight is 298 g/mol. The number of nitrogens with zero attached hydrogens (tertiary/aromatic N) is 3. The van der Waals surface area contributed by atoms with Crippen molar-refractivity contribution in [3.63, 3.8) is 0 Å². The highest BCUT2D eigenvalue weighted by Crippen LogP contribution is 2.23. The summed E-state index contributed by atoms with van der Waals surface area (Å²) in [4.78, 5) is 6.87. The minimum atomic E-state index is 0. The van der Waals surface area contributed by atoms with Gasteiger partial charge in [-0.3, -0.25) is 0 Å². The molecule has 1 aromatic rings. The number of pyridine rings is 1. The summed E-state index contributed by atoms with van der Waals surface area (Å²) in [6.07, 6.45) is 4.76. The van der Waals surface area contributed by atoms with Crippen molar-refractivity contribution in [2.45, 2.75) is 12.8 Å². The number of anilines is 1. The molecular weight excluding hydrogens is 278 g/mol. The molecule has 1 aromatic heterocycles. The molecule has 1 spiro atoms. The lowest BCUT2D eigenvalue weighted by atomic mass is 10.2. The van der Waals surface area contributed by atoms with Gasteiger partial charge in [-0.05, 0) is 12.1 Å². The van der Waals surface area contributed by atoms with Crippen LogP contribution in [0.1, 0.15) is 12.8 Å². The molecule has 2 aliphatic heterocycles. The van der Waals surface area contributed by atoms with E-state index in [-0.39, 0.29) is 17.0 Å². The standard InChI is InChI=1S/C13H20N3.BrH/c1-2-6-14-13(5-1)15-7-11-16(12-8-15)9-3-4-10-16;/h1-2,5-6H,3-4,7-12H2;1H/q+1;/p-1. The zero-order valence-corrected chi connectivity index (χ0v) is 11.8. The molecule has 0 radical (unpaired) electrons. The SMILES string of the molecule is [Br-].c1ccc(N2CC[N+]3(CCCC3)CC2)nc1. The van der Waals surface area contributed by atoms with Crippen molar-refractivity contribution in [1.82, 2.24) is 4.98 Å². The van der Waals surface area contributed by atoms with E-state index in [2.05, 4.69) is 22.0 Å². The van der Waals surface area contributed by atoms with Crippen LogP contribution in [0, 0.1) is 0 Å². The maximum Gasteiger partial charge on any atom is 0.128 e. The Bertz CT molecular complexity index is 339. The normalized spacial score (nSPS) is 22.5. The molecule has 4 heteroatoms. The largest absolute Gasteiger partial charge is 1.00 e. The second-order valence-corrected chi connectivity index (χ2v) is 5.12. The van der Waals surface area contributed by atoms with Gasteiger partial charge in [-0.1, -0.05) is 6.07 Å². The van der Waals surface area contributed by atoms with Gasteiger partial charge in [-0.25, -0.2) is 4.98 Å². The molecule has 0 atom stereocenters. The number of rotatable bonds is 1. The zero-order valence-electron chi connectivity index (χ0n) is 10.2. The molecule has 2 saturated heterocycles. The van der Waals surface area contributed by atoms with E-state index >= 15 is 0 Å². The van der Waals surface area contributed by atoms with Crippen molar-refractivity contribution in [2.75, 3.05) is 44.2 Å². The molecular formula is C13H20BrN3. The zero-order chi connectivity index (χ0) is 10.8. The van der Waals surface area contributed by atoms with Crippen LogP contribution in [0.5, 0.6) is 0 Å². The molecule has 2 aliphatic rings. The van der Waals surface area contributed by atoms with Gasteiger partial charge in [0.05, 0.1) is 39.3 Å². The van der Waals surface area contributed by atoms with E-state index in [9.17, 15) is 0 Å². The first kappa shape index (κ1) is 12.8. The molecule has 0 amide bonds. The second-order valence-electron chi connectivity index (χ2n) is 5.12. The smallest absolute Gasteiger partial charge is 0.128 e. The minimum Gasteiger partial charge on any atom is -1.00 e. The van der Waals surface area contributed by atoms with Gasteiger partial charge >= 0.3 is 0 Å². The minimum absolute atomic E-state index is 0. The molecule has 3 nitrogen and oxygen atoms in total. The Kier molecular flexibility index (Phi) is 4.05. The van der Waals surface area contributed by atoms with Gasteiger partial charge in [-0.15, -0.1) is 0 Å². The Hall–Kier alpha value is -0.610. The molecule has 2 fully saturated rings.